The van der Waals surface area contributed by atoms with Gasteiger partial charge in [-0.1, -0.05) is 37.0 Å². The molecule has 0 radical (unpaired) electrons. The Hall–Kier alpha value is -0.310. The molecule has 0 fully saturated rings. The van der Waals surface area contributed by atoms with Gasteiger partial charge in [-0.05, 0) is 12.5 Å². The van der Waals surface area contributed by atoms with Gasteiger partial charge in [0.1, 0.15) is 0 Å². The summed E-state index contributed by atoms with van der Waals surface area (Å²) in [5.74, 6) is -0.0650. The van der Waals surface area contributed by atoms with E-state index in [9.17, 15) is 5.11 Å². The fraction of sp³-hybridized carbons (Fsp3) is 0.500. The van der Waals surface area contributed by atoms with Gasteiger partial charge in [0.25, 0.3) is 0 Å². The highest BCUT2D eigenvalue weighted by atomic mass is 35.5. The Morgan fingerprint density at radius 1 is 1.50 bits per heavy atom. The van der Waals surface area contributed by atoms with Gasteiger partial charge in [0.05, 0.1) is 21.8 Å². The van der Waals surface area contributed by atoms with Crippen molar-refractivity contribution in [2.45, 2.75) is 32.3 Å². The average Bonchev–Trinajstić information content (AvgIpc) is 2.15. The van der Waals surface area contributed by atoms with E-state index in [1.165, 1.54) is 0 Å². The van der Waals surface area contributed by atoms with Crippen molar-refractivity contribution in [3.63, 3.8) is 0 Å². The maximum atomic E-state index is 9.64. The number of hydrogen-bond acceptors (Lipinski definition) is 2. The number of pyridine rings is 1. The van der Waals surface area contributed by atoms with Gasteiger partial charge in [-0.15, -0.1) is 0 Å². The van der Waals surface area contributed by atoms with Crippen molar-refractivity contribution in [3.8, 4) is 0 Å². The Kier molecular flexibility index (Phi) is 4.17. The van der Waals surface area contributed by atoms with Crippen LogP contribution < -0.4 is 0 Å². The topological polar surface area (TPSA) is 33.1 Å². The highest BCUT2D eigenvalue weighted by molar-refractivity contribution is 6.34. The standard InChI is InChI=1S/C10H13Cl2NO/c1-3-9(14)6(2)10-8(12)4-7(11)5-13-10/h4-6,9,14H,3H2,1-2H3. The quantitative estimate of drug-likeness (QED) is 0.870. The highest BCUT2D eigenvalue weighted by Gasteiger charge is 2.18. The minimum atomic E-state index is -0.416. The zero-order chi connectivity index (χ0) is 10.7. The lowest BCUT2D eigenvalue weighted by Crippen LogP contribution is -2.15. The van der Waals surface area contributed by atoms with Crippen LogP contribution in [0.5, 0.6) is 0 Å². The summed E-state index contributed by atoms with van der Waals surface area (Å²) in [7, 11) is 0. The second kappa shape index (κ2) is 4.96. The lowest BCUT2D eigenvalue weighted by Gasteiger charge is -2.17. The first-order chi connectivity index (χ1) is 6.56. The summed E-state index contributed by atoms with van der Waals surface area (Å²) >= 11 is 11.7. The molecule has 14 heavy (non-hydrogen) atoms. The van der Waals surface area contributed by atoms with Crippen LogP contribution in [0.1, 0.15) is 31.9 Å². The third-order valence-corrected chi connectivity index (χ3v) is 2.77. The first-order valence-corrected chi connectivity index (χ1v) is 5.30. The molecule has 0 saturated heterocycles. The van der Waals surface area contributed by atoms with Crippen LogP contribution in [0.25, 0.3) is 0 Å². The summed E-state index contributed by atoms with van der Waals surface area (Å²) in [6.45, 7) is 3.82. The van der Waals surface area contributed by atoms with E-state index in [1.54, 1.807) is 12.3 Å². The van der Waals surface area contributed by atoms with Crippen LogP contribution in [0.2, 0.25) is 10.0 Å². The van der Waals surface area contributed by atoms with Gasteiger partial charge >= 0.3 is 0 Å². The van der Waals surface area contributed by atoms with Crippen LogP contribution in [-0.2, 0) is 0 Å². The van der Waals surface area contributed by atoms with Gasteiger partial charge in [-0.2, -0.15) is 0 Å². The Labute approximate surface area is 93.9 Å². The fourth-order valence-corrected chi connectivity index (χ4v) is 1.85. The maximum absolute atomic E-state index is 9.64. The largest absolute Gasteiger partial charge is 0.392 e. The molecule has 2 nitrogen and oxygen atoms in total. The van der Waals surface area contributed by atoms with E-state index < -0.39 is 6.10 Å². The fourth-order valence-electron chi connectivity index (χ4n) is 1.30. The van der Waals surface area contributed by atoms with E-state index >= 15 is 0 Å². The molecular weight excluding hydrogens is 221 g/mol. The second-order valence-electron chi connectivity index (χ2n) is 3.28. The first kappa shape index (κ1) is 11.8. The smallest absolute Gasteiger partial charge is 0.0644 e. The van der Waals surface area contributed by atoms with Crippen LogP contribution in [0, 0.1) is 0 Å². The summed E-state index contributed by atoms with van der Waals surface area (Å²) in [4.78, 5) is 4.12. The minimum absolute atomic E-state index is 0.0650. The van der Waals surface area contributed by atoms with Crippen molar-refractivity contribution in [2.24, 2.45) is 0 Å². The Bertz CT molecular complexity index is 317. The van der Waals surface area contributed by atoms with Crippen LogP contribution >= 0.6 is 23.2 Å². The molecule has 1 rings (SSSR count). The molecule has 0 spiro atoms. The third-order valence-electron chi connectivity index (χ3n) is 2.26. The number of nitrogens with zero attached hydrogens (tertiary/aromatic N) is 1. The van der Waals surface area contributed by atoms with E-state index in [2.05, 4.69) is 4.98 Å². The number of aliphatic hydroxyl groups is 1. The number of halogens is 2. The summed E-state index contributed by atoms with van der Waals surface area (Å²) < 4.78 is 0. The SMILES string of the molecule is CCC(O)C(C)c1ncc(Cl)cc1Cl. The zero-order valence-corrected chi connectivity index (χ0v) is 9.68. The zero-order valence-electron chi connectivity index (χ0n) is 8.17. The van der Waals surface area contributed by atoms with Crippen LogP contribution in [0.4, 0.5) is 0 Å². The van der Waals surface area contributed by atoms with Crippen molar-refractivity contribution >= 4 is 23.2 Å². The van der Waals surface area contributed by atoms with Gasteiger partial charge in [-0.3, -0.25) is 4.98 Å². The van der Waals surface area contributed by atoms with Crippen LogP contribution in [0.3, 0.4) is 0 Å². The van der Waals surface area contributed by atoms with E-state index in [0.717, 1.165) is 0 Å². The molecule has 0 aliphatic rings. The molecule has 2 atom stereocenters. The molecule has 0 aromatic carbocycles. The molecule has 4 heteroatoms. The highest BCUT2D eigenvalue weighted by Crippen LogP contribution is 2.27. The predicted molar refractivity (Wildman–Crippen MR) is 59.0 cm³/mol. The summed E-state index contributed by atoms with van der Waals surface area (Å²) in [6, 6.07) is 1.64. The monoisotopic (exact) mass is 233 g/mol. The summed E-state index contributed by atoms with van der Waals surface area (Å²) in [5.41, 5.74) is 0.699. The Balaban J connectivity index is 2.95. The van der Waals surface area contributed by atoms with Crippen molar-refractivity contribution in [1.29, 1.82) is 0 Å². The minimum Gasteiger partial charge on any atom is -0.392 e. The Morgan fingerprint density at radius 3 is 2.64 bits per heavy atom. The summed E-state index contributed by atoms with van der Waals surface area (Å²) in [6.07, 6.45) is 1.81. The van der Waals surface area contributed by atoms with Gasteiger partial charge in [0, 0.05) is 12.1 Å². The van der Waals surface area contributed by atoms with Crippen molar-refractivity contribution < 1.29 is 5.11 Å². The molecule has 2 unspecified atom stereocenters. The molecule has 1 aromatic rings. The van der Waals surface area contributed by atoms with E-state index in [-0.39, 0.29) is 5.92 Å². The third kappa shape index (κ3) is 2.59. The molecule has 1 N–H and O–H groups in total. The number of aromatic nitrogens is 1. The number of aliphatic hydroxyl groups excluding tert-OH is 1. The van der Waals surface area contributed by atoms with E-state index in [1.807, 2.05) is 13.8 Å². The van der Waals surface area contributed by atoms with E-state index in [0.29, 0.717) is 22.2 Å². The second-order valence-corrected chi connectivity index (χ2v) is 4.13. The van der Waals surface area contributed by atoms with Crippen molar-refractivity contribution in [1.82, 2.24) is 4.98 Å². The van der Waals surface area contributed by atoms with Crippen molar-refractivity contribution in [2.75, 3.05) is 0 Å². The molecule has 0 bridgehead atoms. The Morgan fingerprint density at radius 2 is 2.14 bits per heavy atom. The van der Waals surface area contributed by atoms with Crippen LogP contribution in [-0.4, -0.2) is 16.2 Å². The van der Waals surface area contributed by atoms with Gasteiger partial charge in [0.15, 0.2) is 0 Å². The first-order valence-electron chi connectivity index (χ1n) is 4.55. The maximum Gasteiger partial charge on any atom is 0.0644 e. The molecule has 0 saturated carbocycles. The molecular formula is C10H13Cl2NO. The molecule has 0 aliphatic carbocycles. The molecule has 1 heterocycles. The number of rotatable bonds is 3. The van der Waals surface area contributed by atoms with E-state index in [4.69, 9.17) is 23.2 Å². The molecule has 78 valence electrons. The normalized spacial score (nSPS) is 15.2. The number of hydrogen-bond donors (Lipinski definition) is 1. The molecule has 0 aliphatic heterocycles. The van der Waals surface area contributed by atoms with Crippen molar-refractivity contribution in [3.05, 3.63) is 28.0 Å². The van der Waals surface area contributed by atoms with Gasteiger partial charge in [0.2, 0.25) is 0 Å². The van der Waals surface area contributed by atoms with Gasteiger partial charge in [-0.25, -0.2) is 0 Å². The molecule has 1 aromatic heterocycles. The lowest BCUT2D eigenvalue weighted by molar-refractivity contribution is 0.143. The van der Waals surface area contributed by atoms with Crippen LogP contribution in [0.15, 0.2) is 12.3 Å². The van der Waals surface area contributed by atoms with Gasteiger partial charge < -0.3 is 5.11 Å². The lowest BCUT2D eigenvalue weighted by atomic mass is 9.98. The average molecular weight is 234 g/mol. The predicted octanol–water partition coefficient (Wildman–Crippen LogP) is 3.26. The molecule has 0 amide bonds. The summed E-state index contributed by atoms with van der Waals surface area (Å²) in [5, 5.41) is 10.7.